The van der Waals surface area contributed by atoms with Gasteiger partial charge in [0, 0.05) is 12.1 Å². The van der Waals surface area contributed by atoms with Gasteiger partial charge in [0.1, 0.15) is 13.2 Å². The van der Waals surface area contributed by atoms with Gasteiger partial charge in [0.2, 0.25) is 0 Å². The van der Waals surface area contributed by atoms with Crippen molar-refractivity contribution in [1.29, 1.82) is 0 Å². The Labute approximate surface area is 137 Å². The molecule has 0 aliphatic carbocycles. The van der Waals surface area contributed by atoms with Crippen molar-refractivity contribution in [3.05, 3.63) is 59.7 Å². The summed E-state index contributed by atoms with van der Waals surface area (Å²) in [6, 6.07) is 15.7. The van der Waals surface area contributed by atoms with Gasteiger partial charge >= 0.3 is 0 Å². The lowest BCUT2D eigenvalue weighted by molar-refractivity contribution is 0.0791. The number of fused-ring (bicyclic) bond motifs is 1. The molecule has 1 atom stereocenters. The second-order valence-electron chi connectivity index (χ2n) is 6.37. The van der Waals surface area contributed by atoms with E-state index in [-0.39, 0.29) is 0 Å². The maximum atomic E-state index is 10.6. The van der Waals surface area contributed by atoms with Crippen molar-refractivity contribution in [1.82, 2.24) is 5.32 Å². The molecule has 23 heavy (non-hydrogen) atoms. The minimum atomic E-state index is -0.582. The predicted octanol–water partition coefficient (Wildman–Crippen LogP) is 3.06. The van der Waals surface area contributed by atoms with Gasteiger partial charge in [-0.05, 0) is 37.1 Å². The van der Waals surface area contributed by atoms with Gasteiger partial charge in [0.25, 0.3) is 0 Å². The van der Waals surface area contributed by atoms with E-state index in [1.165, 1.54) is 0 Å². The van der Waals surface area contributed by atoms with E-state index in [9.17, 15) is 5.11 Å². The van der Waals surface area contributed by atoms with E-state index in [4.69, 9.17) is 9.47 Å². The third kappa shape index (κ3) is 3.66. The second kappa shape index (κ2) is 6.60. The largest absolute Gasteiger partial charge is 0.486 e. The molecule has 2 aromatic carbocycles. The normalized spacial score (nSPS) is 15.3. The maximum absolute atomic E-state index is 10.6. The Morgan fingerprint density at radius 3 is 2.48 bits per heavy atom. The van der Waals surface area contributed by atoms with Gasteiger partial charge in [0.15, 0.2) is 11.5 Å². The van der Waals surface area contributed by atoms with Crippen LogP contribution in [0.4, 0.5) is 0 Å². The van der Waals surface area contributed by atoms with Crippen LogP contribution in [0.5, 0.6) is 11.5 Å². The number of hydrogen-bond acceptors (Lipinski definition) is 4. The number of aliphatic hydroxyl groups is 1. The SMILES string of the molecule is CC(C)(NCc1ccc2c(c1)OCCO2)[C@@H](O)c1ccccc1. The molecule has 0 aromatic heterocycles. The zero-order valence-corrected chi connectivity index (χ0v) is 13.6. The molecular formula is C19H23NO3. The van der Waals surface area contributed by atoms with E-state index in [1.807, 2.05) is 62.4 Å². The molecule has 0 fully saturated rings. The van der Waals surface area contributed by atoms with Crippen LogP contribution < -0.4 is 14.8 Å². The minimum Gasteiger partial charge on any atom is -0.486 e. The summed E-state index contributed by atoms with van der Waals surface area (Å²) in [4.78, 5) is 0. The standard InChI is InChI=1S/C19H23NO3/c1-19(2,18(21)15-6-4-3-5-7-15)20-13-14-8-9-16-17(12-14)23-11-10-22-16/h3-9,12,18,20-21H,10-11,13H2,1-2H3/t18-/m0/s1. The third-order valence-electron chi connectivity index (χ3n) is 4.15. The average molecular weight is 313 g/mol. The van der Waals surface area contributed by atoms with Crippen LogP contribution in [0.3, 0.4) is 0 Å². The molecule has 3 rings (SSSR count). The van der Waals surface area contributed by atoms with Gasteiger partial charge < -0.3 is 19.9 Å². The van der Waals surface area contributed by atoms with Crippen LogP contribution in [-0.2, 0) is 6.54 Å². The van der Waals surface area contributed by atoms with Gasteiger partial charge in [-0.3, -0.25) is 0 Å². The highest BCUT2D eigenvalue weighted by atomic mass is 16.6. The fourth-order valence-corrected chi connectivity index (χ4v) is 2.68. The molecule has 0 saturated heterocycles. The highest BCUT2D eigenvalue weighted by molar-refractivity contribution is 5.43. The Kier molecular flexibility index (Phi) is 4.55. The Hall–Kier alpha value is -2.04. The number of hydrogen-bond donors (Lipinski definition) is 2. The molecule has 0 radical (unpaired) electrons. The first-order valence-electron chi connectivity index (χ1n) is 7.93. The highest BCUT2D eigenvalue weighted by Gasteiger charge is 2.28. The quantitative estimate of drug-likeness (QED) is 0.891. The van der Waals surface area contributed by atoms with E-state index in [2.05, 4.69) is 5.32 Å². The van der Waals surface area contributed by atoms with Crippen molar-refractivity contribution in [2.24, 2.45) is 0 Å². The summed E-state index contributed by atoms with van der Waals surface area (Å²) in [5.74, 6) is 1.58. The van der Waals surface area contributed by atoms with Crippen LogP contribution in [0.2, 0.25) is 0 Å². The summed E-state index contributed by atoms with van der Waals surface area (Å²) in [5, 5.41) is 14.0. The average Bonchev–Trinajstić information content (AvgIpc) is 2.60. The highest BCUT2D eigenvalue weighted by Crippen LogP contribution is 2.31. The lowest BCUT2D eigenvalue weighted by atomic mass is 9.91. The zero-order valence-electron chi connectivity index (χ0n) is 13.6. The first kappa shape index (κ1) is 15.8. The van der Waals surface area contributed by atoms with E-state index in [1.54, 1.807) is 0 Å². The molecule has 2 N–H and O–H groups in total. The first-order valence-corrected chi connectivity index (χ1v) is 7.93. The molecule has 4 nitrogen and oxygen atoms in total. The summed E-state index contributed by atoms with van der Waals surface area (Å²) in [5.41, 5.74) is 1.56. The fraction of sp³-hybridized carbons (Fsp3) is 0.368. The van der Waals surface area contributed by atoms with Gasteiger partial charge in [-0.2, -0.15) is 0 Å². The van der Waals surface area contributed by atoms with Crippen molar-refractivity contribution < 1.29 is 14.6 Å². The number of benzene rings is 2. The maximum Gasteiger partial charge on any atom is 0.161 e. The topological polar surface area (TPSA) is 50.7 Å². The first-order chi connectivity index (χ1) is 11.1. The van der Waals surface area contributed by atoms with Crippen molar-refractivity contribution in [3.63, 3.8) is 0 Å². The zero-order chi connectivity index (χ0) is 16.3. The Morgan fingerprint density at radius 2 is 1.74 bits per heavy atom. The summed E-state index contributed by atoms with van der Waals surface area (Å²) >= 11 is 0. The summed E-state index contributed by atoms with van der Waals surface area (Å²) in [6.45, 7) is 5.84. The molecule has 0 saturated carbocycles. The minimum absolute atomic E-state index is 0.450. The number of ether oxygens (including phenoxy) is 2. The lowest BCUT2D eigenvalue weighted by Crippen LogP contribution is -2.44. The van der Waals surface area contributed by atoms with Crippen molar-refractivity contribution in [2.45, 2.75) is 32.0 Å². The van der Waals surface area contributed by atoms with E-state index < -0.39 is 11.6 Å². The van der Waals surface area contributed by atoms with Crippen LogP contribution in [-0.4, -0.2) is 23.9 Å². The number of rotatable bonds is 5. The Balaban J connectivity index is 1.67. The molecule has 2 aromatic rings. The lowest BCUT2D eigenvalue weighted by Gasteiger charge is -2.32. The van der Waals surface area contributed by atoms with Crippen LogP contribution in [0.15, 0.2) is 48.5 Å². The van der Waals surface area contributed by atoms with Crippen molar-refractivity contribution >= 4 is 0 Å². The van der Waals surface area contributed by atoms with E-state index >= 15 is 0 Å². The molecule has 0 bridgehead atoms. The molecule has 1 heterocycles. The molecule has 1 aliphatic rings. The molecule has 0 amide bonds. The van der Waals surface area contributed by atoms with E-state index in [0.29, 0.717) is 19.8 Å². The summed E-state index contributed by atoms with van der Waals surface area (Å²) in [6.07, 6.45) is -0.582. The van der Waals surface area contributed by atoms with Crippen LogP contribution >= 0.6 is 0 Å². The smallest absolute Gasteiger partial charge is 0.161 e. The molecule has 122 valence electrons. The predicted molar refractivity (Wildman–Crippen MR) is 89.8 cm³/mol. The molecule has 0 spiro atoms. The second-order valence-corrected chi connectivity index (χ2v) is 6.37. The fourth-order valence-electron chi connectivity index (χ4n) is 2.68. The van der Waals surface area contributed by atoms with Gasteiger partial charge in [-0.25, -0.2) is 0 Å². The van der Waals surface area contributed by atoms with Gasteiger partial charge in [0.05, 0.1) is 6.10 Å². The van der Waals surface area contributed by atoms with Crippen LogP contribution in [0.25, 0.3) is 0 Å². The summed E-state index contributed by atoms with van der Waals surface area (Å²) < 4.78 is 11.1. The van der Waals surface area contributed by atoms with Crippen molar-refractivity contribution in [3.8, 4) is 11.5 Å². The Bertz CT molecular complexity index is 655. The monoisotopic (exact) mass is 313 g/mol. The van der Waals surface area contributed by atoms with Crippen molar-refractivity contribution in [2.75, 3.05) is 13.2 Å². The van der Waals surface area contributed by atoms with E-state index in [0.717, 1.165) is 22.6 Å². The summed E-state index contributed by atoms with van der Waals surface area (Å²) in [7, 11) is 0. The van der Waals surface area contributed by atoms with Gasteiger partial charge in [-0.1, -0.05) is 36.4 Å². The molecule has 4 heteroatoms. The van der Waals surface area contributed by atoms with Crippen LogP contribution in [0.1, 0.15) is 31.1 Å². The number of nitrogens with one attached hydrogen (secondary N) is 1. The van der Waals surface area contributed by atoms with Crippen LogP contribution in [0, 0.1) is 0 Å². The third-order valence-corrected chi connectivity index (χ3v) is 4.15. The molecule has 1 aliphatic heterocycles. The number of aliphatic hydroxyl groups excluding tert-OH is 1. The molecule has 0 unspecified atom stereocenters. The molecular weight excluding hydrogens is 290 g/mol. The van der Waals surface area contributed by atoms with Gasteiger partial charge in [-0.15, -0.1) is 0 Å². The Morgan fingerprint density at radius 1 is 1.04 bits per heavy atom.